The maximum atomic E-state index is 13.3. The number of nitrogens with one attached hydrogen (secondary N) is 1. The molecule has 8 nitrogen and oxygen atoms in total. The second kappa shape index (κ2) is 11.6. The highest BCUT2D eigenvalue weighted by Crippen LogP contribution is 2.32. The first kappa shape index (κ1) is 25.7. The van der Waals surface area contributed by atoms with Crippen molar-refractivity contribution in [1.82, 2.24) is 4.31 Å². The van der Waals surface area contributed by atoms with Gasteiger partial charge < -0.3 is 19.7 Å². The lowest BCUT2D eigenvalue weighted by atomic mass is 10.1. The lowest BCUT2D eigenvalue weighted by Crippen LogP contribution is -2.37. The second-order valence-electron chi connectivity index (χ2n) is 8.26. The lowest BCUT2D eigenvalue weighted by Gasteiger charge is -2.31. The van der Waals surface area contributed by atoms with Crippen LogP contribution in [0.1, 0.15) is 24.2 Å². The minimum absolute atomic E-state index is 0.139. The van der Waals surface area contributed by atoms with Crippen molar-refractivity contribution in [3.63, 3.8) is 0 Å². The Balaban J connectivity index is 1.64. The number of benzene rings is 3. The van der Waals surface area contributed by atoms with Crippen LogP contribution in [0.15, 0.2) is 77.7 Å². The summed E-state index contributed by atoms with van der Waals surface area (Å²) in [7, 11) is -3.69. The summed E-state index contributed by atoms with van der Waals surface area (Å²) in [5, 5.41) is 2.94. The van der Waals surface area contributed by atoms with Crippen molar-refractivity contribution in [2.24, 2.45) is 0 Å². The van der Waals surface area contributed by atoms with Crippen LogP contribution in [-0.2, 0) is 14.8 Å². The molecule has 0 atom stereocenters. The van der Waals surface area contributed by atoms with Crippen LogP contribution in [0.2, 0.25) is 0 Å². The Hall–Kier alpha value is -3.40. The minimum atomic E-state index is -3.69. The van der Waals surface area contributed by atoms with E-state index in [2.05, 4.69) is 10.2 Å². The monoisotopic (exact) mass is 509 g/mol. The number of para-hydroxylation sites is 1. The number of nitrogens with zero attached hydrogens (tertiary/aromatic N) is 2. The molecule has 1 aliphatic rings. The first-order chi connectivity index (χ1) is 17.4. The van der Waals surface area contributed by atoms with Crippen LogP contribution in [0.25, 0.3) is 0 Å². The Labute approximate surface area is 212 Å². The van der Waals surface area contributed by atoms with Crippen molar-refractivity contribution in [2.75, 3.05) is 49.6 Å². The molecule has 1 amide bonds. The van der Waals surface area contributed by atoms with Crippen LogP contribution >= 0.6 is 0 Å². The lowest BCUT2D eigenvalue weighted by molar-refractivity contribution is 0.102. The summed E-state index contributed by atoms with van der Waals surface area (Å²) in [4.78, 5) is 15.5. The molecule has 1 saturated heterocycles. The molecule has 0 spiro atoms. The molecule has 0 aromatic heterocycles. The zero-order valence-corrected chi connectivity index (χ0v) is 21.3. The number of rotatable bonds is 9. The molecule has 3 aromatic carbocycles. The standard InChI is InChI=1S/C27H31N3O5S/c1-3-30(4-2)36(32,33)24-13-14-26(29-15-17-34-18-16-29)25(20-24)28-27(31)21-9-8-12-23(19-21)35-22-10-6-5-7-11-22/h5-14,19-20H,3-4,15-18H2,1-2H3,(H,28,31). The molecule has 4 rings (SSSR count). The maximum absolute atomic E-state index is 13.3. The number of carbonyl (C=O) groups is 1. The van der Waals surface area contributed by atoms with Gasteiger partial charge in [0.15, 0.2) is 0 Å². The third-order valence-electron chi connectivity index (χ3n) is 5.99. The van der Waals surface area contributed by atoms with Gasteiger partial charge in [-0.1, -0.05) is 38.1 Å². The first-order valence-corrected chi connectivity index (χ1v) is 13.5. The van der Waals surface area contributed by atoms with E-state index >= 15 is 0 Å². The third kappa shape index (κ3) is 5.87. The Morgan fingerprint density at radius 3 is 2.33 bits per heavy atom. The van der Waals surface area contributed by atoms with Crippen molar-refractivity contribution in [3.8, 4) is 11.5 Å². The number of hydrogen-bond acceptors (Lipinski definition) is 6. The van der Waals surface area contributed by atoms with Crippen LogP contribution in [0.4, 0.5) is 11.4 Å². The Bertz CT molecular complexity index is 1290. The molecule has 36 heavy (non-hydrogen) atoms. The second-order valence-corrected chi connectivity index (χ2v) is 10.2. The minimum Gasteiger partial charge on any atom is -0.457 e. The topological polar surface area (TPSA) is 88.2 Å². The number of ether oxygens (including phenoxy) is 2. The van der Waals surface area contributed by atoms with Crippen molar-refractivity contribution in [3.05, 3.63) is 78.4 Å². The SMILES string of the molecule is CCN(CC)S(=O)(=O)c1ccc(N2CCOCC2)c(NC(=O)c2cccc(Oc3ccccc3)c2)c1. The quantitative estimate of drug-likeness (QED) is 0.454. The molecule has 190 valence electrons. The molecule has 9 heteroatoms. The van der Waals surface area contributed by atoms with Crippen molar-refractivity contribution in [2.45, 2.75) is 18.7 Å². The van der Waals surface area contributed by atoms with Crippen LogP contribution in [-0.4, -0.2) is 58.0 Å². The van der Waals surface area contributed by atoms with E-state index in [-0.39, 0.29) is 10.8 Å². The largest absolute Gasteiger partial charge is 0.457 e. The number of hydrogen-bond donors (Lipinski definition) is 1. The van der Waals surface area contributed by atoms with Gasteiger partial charge in [0.25, 0.3) is 5.91 Å². The Morgan fingerprint density at radius 2 is 1.64 bits per heavy atom. The molecule has 1 aliphatic heterocycles. The van der Waals surface area contributed by atoms with Gasteiger partial charge in [-0.15, -0.1) is 0 Å². The van der Waals surface area contributed by atoms with Crippen molar-refractivity contribution >= 4 is 27.3 Å². The predicted octanol–water partition coefficient (Wildman–Crippen LogP) is 4.60. The van der Waals surface area contributed by atoms with Crippen LogP contribution in [0.3, 0.4) is 0 Å². The molecule has 0 radical (unpaired) electrons. The fraction of sp³-hybridized carbons (Fsp3) is 0.296. The van der Waals surface area contributed by atoms with Gasteiger partial charge in [-0.3, -0.25) is 4.79 Å². The van der Waals surface area contributed by atoms with E-state index in [0.717, 1.165) is 5.69 Å². The van der Waals surface area contributed by atoms with Gasteiger partial charge in [0.05, 0.1) is 29.5 Å². The molecule has 0 unspecified atom stereocenters. The van der Waals surface area contributed by atoms with E-state index < -0.39 is 10.0 Å². The molecule has 3 aromatic rings. The molecular weight excluding hydrogens is 478 g/mol. The molecule has 0 bridgehead atoms. The van der Waals surface area contributed by atoms with Crippen LogP contribution < -0.4 is 15.0 Å². The van der Waals surface area contributed by atoms with Crippen LogP contribution in [0, 0.1) is 0 Å². The van der Waals surface area contributed by atoms with E-state index in [0.29, 0.717) is 62.1 Å². The zero-order valence-electron chi connectivity index (χ0n) is 20.5. The summed E-state index contributed by atoms with van der Waals surface area (Å²) in [5.41, 5.74) is 1.58. The highest BCUT2D eigenvalue weighted by molar-refractivity contribution is 7.89. The summed E-state index contributed by atoms with van der Waals surface area (Å²) in [6.45, 7) is 6.74. The first-order valence-electron chi connectivity index (χ1n) is 12.0. The van der Waals surface area contributed by atoms with E-state index in [4.69, 9.17) is 9.47 Å². The fourth-order valence-electron chi connectivity index (χ4n) is 4.09. The van der Waals surface area contributed by atoms with Gasteiger partial charge in [0.2, 0.25) is 10.0 Å². The summed E-state index contributed by atoms with van der Waals surface area (Å²) >= 11 is 0. The molecule has 0 saturated carbocycles. The average Bonchev–Trinajstić information content (AvgIpc) is 2.90. The van der Waals surface area contributed by atoms with Crippen molar-refractivity contribution < 1.29 is 22.7 Å². The van der Waals surface area contributed by atoms with Gasteiger partial charge in [-0.25, -0.2) is 8.42 Å². The summed E-state index contributed by atoms with van der Waals surface area (Å²) < 4.78 is 39.1. The Morgan fingerprint density at radius 1 is 0.944 bits per heavy atom. The Kier molecular flexibility index (Phi) is 8.25. The summed E-state index contributed by atoms with van der Waals surface area (Å²) in [6, 6.07) is 21.1. The highest BCUT2D eigenvalue weighted by atomic mass is 32.2. The number of morpholine rings is 1. The smallest absolute Gasteiger partial charge is 0.255 e. The van der Waals surface area contributed by atoms with E-state index in [1.54, 1.807) is 56.3 Å². The van der Waals surface area contributed by atoms with Crippen LogP contribution in [0.5, 0.6) is 11.5 Å². The predicted molar refractivity (Wildman–Crippen MR) is 140 cm³/mol. The maximum Gasteiger partial charge on any atom is 0.255 e. The summed E-state index contributed by atoms with van der Waals surface area (Å²) in [6.07, 6.45) is 0. The number of amides is 1. The molecule has 1 fully saturated rings. The van der Waals surface area contributed by atoms with Gasteiger partial charge in [-0.2, -0.15) is 4.31 Å². The molecule has 0 aliphatic carbocycles. The summed E-state index contributed by atoms with van der Waals surface area (Å²) in [5.74, 6) is 0.833. The number of carbonyl (C=O) groups excluding carboxylic acids is 1. The molecular formula is C27H31N3O5S. The normalized spacial score (nSPS) is 14.0. The van der Waals surface area contributed by atoms with Crippen molar-refractivity contribution in [1.29, 1.82) is 0 Å². The average molecular weight is 510 g/mol. The highest BCUT2D eigenvalue weighted by Gasteiger charge is 2.25. The fourth-order valence-corrected chi connectivity index (χ4v) is 5.57. The number of anilines is 2. The third-order valence-corrected chi connectivity index (χ3v) is 8.03. The van der Waals surface area contributed by atoms with Gasteiger partial charge in [0, 0.05) is 31.7 Å². The molecule has 1 N–H and O–H groups in total. The van der Waals surface area contributed by atoms with Gasteiger partial charge in [0.1, 0.15) is 11.5 Å². The van der Waals surface area contributed by atoms with E-state index in [1.165, 1.54) is 4.31 Å². The van der Waals surface area contributed by atoms with Gasteiger partial charge in [-0.05, 0) is 48.5 Å². The number of sulfonamides is 1. The zero-order chi connectivity index (χ0) is 25.5. The van der Waals surface area contributed by atoms with E-state index in [9.17, 15) is 13.2 Å². The molecule has 1 heterocycles. The van der Waals surface area contributed by atoms with Gasteiger partial charge >= 0.3 is 0 Å². The van der Waals surface area contributed by atoms with E-state index in [1.807, 2.05) is 30.3 Å².